The molecule has 1 heterocycles. The Labute approximate surface area is 124 Å². The van der Waals surface area contributed by atoms with Gasteiger partial charge >= 0.3 is 0 Å². The highest BCUT2D eigenvalue weighted by molar-refractivity contribution is 5.06. The van der Waals surface area contributed by atoms with E-state index in [4.69, 9.17) is 5.73 Å². The zero-order chi connectivity index (χ0) is 13.6. The van der Waals surface area contributed by atoms with Crippen LogP contribution in [0, 0.1) is 23.2 Å². The second-order valence-electron chi connectivity index (χ2n) is 8.60. The molecule has 0 aromatic rings. The predicted octanol–water partition coefficient (Wildman–Crippen LogP) is 3.41. The minimum absolute atomic E-state index is 0.453. The zero-order valence-corrected chi connectivity index (χ0v) is 13.0. The van der Waals surface area contributed by atoms with Crippen LogP contribution >= 0.6 is 0 Å². The van der Waals surface area contributed by atoms with E-state index in [2.05, 4.69) is 4.90 Å². The number of rotatable bonds is 3. The normalized spacial score (nSPS) is 46.4. The maximum atomic E-state index is 6.81. The molecule has 2 N–H and O–H groups in total. The third kappa shape index (κ3) is 2.43. The topological polar surface area (TPSA) is 29.3 Å². The van der Waals surface area contributed by atoms with E-state index < -0.39 is 0 Å². The summed E-state index contributed by atoms with van der Waals surface area (Å²) in [5.41, 5.74) is 7.36. The van der Waals surface area contributed by atoms with E-state index in [0.29, 0.717) is 11.5 Å². The van der Waals surface area contributed by atoms with Gasteiger partial charge in [-0.15, -0.1) is 0 Å². The molecule has 4 bridgehead atoms. The molecule has 0 aromatic heterocycles. The molecular weight excluding hydrogens is 244 g/mol. The first-order valence-electron chi connectivity index (χ1n) is 9.21. The average molecular weight is 276 g/mol. The van der Waals surface area contributed by atoms with Crippen LogP contribution in [0.3, 0.4) is 0 Å². The lowest BCUT2D eigenvalue weighted by Gasteiger charge is -2.59. The Balaban J connectivity index is 1.43. The van der Waals surface area contributed by atoms with Gasteiger partial charge in [-0.25, -0.2) is 0 Å². The summed E-state index contributed by atoms with van der Waals surface area (Å²) in [6, 6.07) is 0.453. The SMILES string of the molecule is NC(CN1CCCCCC1)C12CC3CC(CC(C3)C1)C2. The number of hydrogen-bond donors (Lipinski definition) is 1. The Morgan fingerprint density at radius 2 is 1.35 bits per heavy atom. The second kappa shape index (κ2) is 5.28. The molecule has 0 aromatic carbocycles. The molecule has 1 saturated heterocycles. The van der Waals surface area contributed by atoms with Crippen LogP contribution in [0.2, 0.25) is 0 Å². The van der Waals surface area contributed by atoms with Crippen molar-refractivity contribution in [2.75, 3.05) is 19.6 Å². The van der Waals surface area contributed by atoms with E-state index in [1.165, 1.54) is 83.8 Å². The fourth-order valence-electron chi connectivity index (χ4n) is 6.42. The molecule has 20 heavy (non-hydrogen) atoms. The van der Waals surface area contributed by atoms with Gasteiger partial charge in [0.2, 0.25) is 0 Å². The third-order valence-electron chi connectivity index (χ3n) is 7.03. The first-order chi connectivity index (χ1) is 9.73. The predicted molar refractivity (Wildman–Crippen MR) is 83.5 cm³/mol. The summed E-state index contributed by atoms with van der Waals surface area (Å²) in [4.78, 5) is 2.69. The molecule has 5 aliphatic rings. The molecule has 1 aliphatic heterocycles. The van der Waals surface area contributed by atoms with Crippen molar-refractivity contribution < 1.29 is 0 Å². The lowest BCUT2D eigenvalue weighted by molar-refractivity contribution is -0.0713. The number of nitrogens with zero attached hydrogens (tertiary/aromatic N) is 1. The summed E-state index contributed by atoms with van der Waals surface area (Å²) < 4.78 is 0. The van der Waals surface area contributed by atoms with Crippen molar-refractivity contribution in [3.8, 4) is 0 Å². The molecule has 0 radical (unpaired) electrons. The maximum absolute atomic E-state index is 6.81. The van der Waals surface area contributed by atoms with Gasteiger partial charge in [0.05, 0.1) is 0 Å². The van der Waals surface area contributed by atoms with Crippen LogP contribution in [0.25, 0.3) is 0 Å². The highest BCUT2D eigenvalue weighted by atomic mass is 15.1. The van der Waals surface area contributed by atoms with Gasteiger partial charge < -0.3 is 10.6 Å². The van der Waals surface area contributed by atoms with Crippen LogP contribution in [-0.4, -0.2) is 30.6 Å². The summed E-state index contributed by atoms with van der Waals surface area (Å²) in [6.07, 6.45) is 14.7. The Morgan fingerprint density at radius 3 is 1.85 bits per heavy atom. The molecule has 114 valence electrons. The van der Waals surface area contributed by atoms with E-state index in [0.717, 1.165) is 17.8 Å². The van der Waals surface area contributed by atoms with Crippen molar-refractivity contribution >= 4 is 0 Å². The van der Waals surface area contributed by atoms with Gasteiger partial charge in [-0.2, -0.15) is 0 Å². The minimum atomic E-state index is 0.453. The van der Waals surface area contributed by atoms with E-state index in [9.17, 15) is 0 Å². The Kier molecular flexibility index (Phi) is 3.58. The summed E-state index contributed by atoms with van der Waals surface area (Å²) in [7, 11) is 0. The highest BCUT2D eigenvalue weighted by Gasteiger charge is 2.53. The molecule has 2 nitrogen and oxygen atoms in total. The van der Waals surface area contributed by atoms with Crippen molar-refractivity contribution in [2.45, 2.75) is 70.3 Å². The first-order valence-corrected chi connectivity index (χ1v) is 9.21. The number of nitrogens with two attached hydrogens (primary N) is 1. The fraction of sp³-hybridized carbons (Fsp3) is 1.00. The lowest BCUT2D eigenvalue weighted by Crippen LogP contribution is -2.57. The molecule has 4 aliphatic carbocycles. The van der Waals surface area contributed by atoms with Crippen molar-refractivity contribution in [3.63, 3.8) is 0 Å². The molecule has 2 heteroatoms. The van der Waals surface area contributed by atoms with Crippen LogP contribution in [0.5, 0.6) is 0 Å². The summed E-state index contributed by atoms with van der Waals surface area (Å²) in [6.45, 7) is 3.80. The van der Waals surface area contributed by atoms with Crippen LogP contribution in [0.4, 0.5) is 0 Å². The number of likely N-dealkylation sites (tertiary alicyclic amines) is 1. The monoisotopic (exact) mass is 276 g/mol. The molecular formula is C18H32N2. The van der Waals surface area contributed by atoms with Crippen LogP contribution in [0.15, 0.2) is 0 Å². The second-order valence-corrected chi connectivity index (χ2v) is 8.60. The molecule has 4 saturated carbocycles. The van der Waals surface area contributed by atoms with Gasteiger partial charge in [0, 0.05) is 12.6 Å². The van der Waals surface area contributed by atoms with Crippen molar-refractivity contribution in [1.29, 1.82) is 0 Å². The van der Waals surface area contributed by atoms with Crippen LogP contribution < -0.4 is 5.73 Å². The van der Waals surface area contributed by atoms with Crippen LogP contribution in [0.1, 0.15) is 64.2 Å². The molecule has 5 rings (SSSR count). The van der Waals surface area contributed by atoms with Crippen molar-refractivity contribution in [3.05, 3.63) is 0 Å². The summed E-state index contributed by atoms with van der Waals surface area (Å²) >= 11 is 0. The van der Waals surface area contributed by atoms with Gasteiger partial charge in [-0.05, 0) is 87.6 Å². The van der Waals surface area contributed by atoms with Gasteiger partial charge in [0.25, 0.3) is 0 Å². The average Bonchev–Trinajstić information content (AvgIpc) is 2.65. The van der Waals surface area contributed by atoms with E-state index in [1.54, 1.807) is 0 Å². The minimum Gasteiger partial charge on any atom is -0.326 e. The molecule has 1 atom stereocenters. The lowest BCUT2D eigenvalue weighted by atomic mass is 9.48. The largest absolute Gasteiger partial charge is 0.326 e. The number of hydrogen-bond acceptors (Lipinski definition) is 2. The first kappa shape index (κ1) is 13.6. The Bertz CT molecular complexity index is 308. The molecule has 0 spiro atoms. The van der Waals surface area contributed by atoms with E-state index in [1.807, 2.05) is 0 Å². The van der Waals surface area contributed by atoms with Crippen LogP contribution in [-0.2, 0) is 0 Å². The van der Waals surface area contributed by atoms with Crippen molar-refractivity contribution in [1.82, 2.24) is 4.90 Å². The zero-order valence-electron chi connectivity index (χ0n) is 13.0. The highest BCUT2D eigenvalue weighted by Crippen LogP contribution is 2.61. The van der Waals surface area contributed by atoms with Gasteiger partial charge in [0.15, 0.2) is 0 Å². The summed E-state index contributed by atoms with van der Waals surface area (Å²) in [5.74, 6) is 3.12. The van der Waals surface area contributed by atoms with Gasteiger partial charge in [0.1, 0.15) is 0 Å². The molecule has 1 unspecified atom stereocenters. The van der Waals surface area contributed by atoms with Crippen molar-refractivity contribution in [2.24, 2.45) is 28.9 Å². The van der Waals surface area contributed by atoms with E-state index in [-0.39, 0.29) is 0 Å². The maximum Gasteiger partial charge on any atom is 0.0225 e. The fourth-order valence-corrected chi connectivity index (χ4v) is 6.42. The van der Waals surface area contributed by atoms with Gasteiger partial charge in [-0.3, -0.25) is 0 Å². The van der Waals surface area contributed by atoms with Gasteiger partial charge in [-0.1, -0.05) is 12.8 Å². The third-order valence-corrected chi connectivity index (χ3v) is 7.03. The molecule has 0 amide bonds. The quantitative estimate of drug-likeness (QED) is 0.856. The summed E-state index contributed by atoms with van der Waals surface area (Å²) in [5, 5.41) is 0. The Morgan fingerprint density at radius 1 is 0.850 bits per heavy atom. The smallest absolute Gasteiger partial charge is 0.0225 e. The molecule has 5 fully saturated rings. The standard InChI is InChI=1S/C18H32N2/c19-17(13-20-5-3-1-2-4-6-20)18-10-14-7-15(11-18)9-16(8-14)12-18/h14-17H,1-13,19H2. The Hall–Kier alpha value is -0.0800. The van der Waals surface area contributed by atoms with E-state index >= 15 is 0 Å².